The van der Waals surface area contributed by atoms with Crippen LogP contribution in [-0.4, -0.2) is 13.3 Å². The van der Waals surface area contributed by atoms with Gasteiger partial charge in [-0.1, -0.05) is 0 Å². The number of halogens is 2. The van der Waals surface area contributed by atoms with Crippen LogP contribution < -0.4 is 4.74 Å². The number of nitriles is 1. The number of ether oxygens (including phenoxy) is 1. The van der Waals surface area contributed by atoms with Crippen LogP contribution in [0, 0.1) is 17.1 Å². The highest BCUT2D eigenvalue weighted by Gasteiger charge is 2.00. The zero-order valence-electron chi connectivity index (χ0n) is 6.76. The molecule has 1 aromatic carbocycles. The van der Waals surface area contributed by atoms with E-state index in [2.05, 4.69) is 0 Å². The quantitative estimate of drug-likeness (QED) is 0.718. The smallest absolute Gasteiger partial charge is 0.128 e. The normalized spacial score (nSPS) is 9.31. The second-order valence-corrected chi connectivity index (χ2v) is 2.32. The monoisotopic (exact) mass is 183 g/mol. The SMILES string of the molecule is N#Cc1cc(F)cc(OCCF)c1. The highest BCUT2D eigenvalue weighted by molar-refractivity contribution is 5.36. The summed E-state index contributed by atoms with van der Waals surface area (Å²) in [7, 11) is 0. The summed E-state index contributed by atoms with van der Waals surface area (Å²) in [6, 6.07) is 5.32. The second kappa shape index (κ2) is 4.41. The topological polar surface area (TPSA) is 33.0 Å². The van der Waals surface area contributed by atoms with E-state index in [0.29, 0.717) is 0 Å². The summed E-state index contributed by atoms with van der Waals surface area (Å²) >= 11 is 0. The zero-order valence-corrected chi connectivity index (χ0v) is 6.76. The Bertz CT molecular complexity index is 333. The van der Waals surface area contributed by atoms with Crippen LogP contribution in [0.3, 0.4) is 0 Å². The summed E-state index contributed by atoms with van der Waals surface area (Å²) in [4.78, 5) is 0. The third-order valence-electron chi connectivity index (χ3n) is 1.35. The van der Waals surface area contributed by atoms with Gasteiger partial charge in [0.2, 0.25) is 0 Å². The minimum atomic E-state index is -0.640. The fraction of sp³-hybridized carbons (Fsp3) is 0.222. The average molecular weight is 183 g/mol. The van der Waals surface area contributed by atoms with Gasteiger partial charge in [-0.2, -0.15) is 5.26 Å². The maximum atomic E-state index is 12.7. The number of nitrogens with zero attached hydrogens (tertiary/aromatic N) is 1. The molecule has 2 nitrogen and oxygen atoms in total. The van der Waals surface area contributed by atoms with Crippen LogP contribution in [0.15, 0.2) is 18.2 Å². The fourth-order valence-electron chi connectivity index (χ4n) is 0.867. The molecular formula is C9H7F2NO. The van der Waals surface area contributed by atoms with Gasteiger partial charge < -0.3 is 4.74 Å². The molecular weight excluding hydrogens is 176 g/mol. The largest absolute Gasteiger partial charge is 0.491 e. The van der Waals surface area contributed by atoms with Gasteiger partial charge in [-0.3, -0.25) is 0 Å². The molecule has 13 heavy (non-hydrogen) atoms. The molecule has 0 aliphatic rings. The third kappa shape index (κ3) is 2.71. The molecule has 0 N–H and O–H groups in total. The molecule has 1 aromatic rings. The van der Waals surface area contributed by atoms with Crippen molar-refractivity contribution in [3.05, 3.63) is 29.6 Å². The summed E-state index contributed by atoms with van der Waals surface area (Å²) in [5.74, 6) is -0.387. The highest BCUT2D eigenvalue weighted by Crippen LogP contribution is 2.15. The van der Waals surface area contributed by atoms with Gasteiger partial charge in [0.05, 0.1) is 11.6 Å². The first kappa shape index (κ1) is 9.46. The van der Waals surface area contributed by atoms with Crippen molar-refractivity contribution in [2.75, 3.05) is 13.3 Å². The van der Waals surface area contributed by atoms with Gasteiger partial charge in [0, 0.05) is 6.07 Å². The van der Waals surface area contributed by atoms with Gasteiger partial charge in [-0.25, -0.2) is 8.78 Å². The lowest BCUT2D eigenvalue weighted by atomic mass is 10.2. The number of rotatable bonds is 3. The number of hydrogen-bond donors (Lipinski definition) is 0. The second-order valence-electron chi connectivity index (χ2n) is 2.32. The first-order chi connectivity index (χ1) is 6.26. The molecule has 0 aliphatic heterocycles. The summed E-state index contributed by atoms with van der Waals surface area (Å²) < 4.78 is 29.2. The Kier molecular flexibility index (Phi) is 3.21. The van der Waals surface area contributed by atoms with E-state index in [4.69, 9.17) is 10.00 Å². The lowest BCUT2D eigenvalue weighted by Gasteiger charge is -2.03. The number of benzene rings is 1. The van der Waals surface area contributed by atoms with Crippen LogP contribution in [0.2, 0.25) is 0 Å². The van der Waals surface area contributed by atoms with Crippen LogP contribution in [0.5, 0.6) is 5.75 Å². The van der Waals surface area contributed by atoms with E-state index < -0.39 is 12.5 Å². The Hall–Kier alpha value is -1.63. The zero-order chi connectivity index (χ0) is 9.68. The van der Waals surface area contributed by atoms with Crippen LogP contribution in [-0.2, 0) is 0 Å². The van der Waals surface area contributed by atoms with Crippen molar-refractivity contribution in [1.29, 1.82) is 5.26 Å². The summed E-state index contributed by atoms with van der Waals surface area (Å²) in [5.41, 5.74) is 0.161. The lowest BCUT2D eigenvalue weighted by Crippen LogP contribution is -1.99. The van der Waals surface area contributed by atoms with Gasteiger partial charge in [-0.05, 0) is 12.1 Å². The third-order valence-corrected chi connectivity index (χ3v) is 1.35. The fourth-order valence-corrected chi connectivity index (χ4v) is 0.867. The molecule has 4 heteroatoms. The van der Waals surface area contributed by atoms with E-state index in [1.807, 2.05) is 0 Å². The van der Waals surface area contributed by atoms with Gasteiger partial charge in [0.25, 0.3) is 0 Å². The average Bonchev–Trinajstić information content (AvgIpc) is 2.14. The van der Waals surface area contributed by atoms with Crippen LogP contribution in [0.4, 0.5) is 8.78 Å². The molecule has 0 heterocycles. The molecule has 0 spiro atoms. The molecule has 0 fully saturated rings. The minimum absolute atomic E-state index is 0.131. The molecule has 0 saturated heterocycles. The van der Waals surface area contributed by atoms with Gasteiger partial charge >= 0.3 is 0 Å². The first-order valence-electron chi connectivity index (χ1n) is 3.65. The Morgan fingerprint density at radius 3 is 2.77 bits per heavy atom. The molecule has 68 valence electrons. The number of hydrogen-bond acceptors (Lipinski definition) is 2. The summed E-state index contributed by atoms with van der Waals surface area (Å²) in [6.45, 7) is -0.771. The van der Waals surface area contributed by atoms with E-state index >= 15 is 0 Å². The van der Waals surface area contributed by atoms with E-state index in [-0.39, 0.29) is 17.9 Å². The molecule has 0 atom stereocenters. The molecule has 0 bridgehead atoms. The lowest BCUT2D eigenvalue weighted by molar-refractivity contribution is 0.272. The molecule has 0 amide bonds. The Morgan fingerprint density at radius 1 is 1.38 bits per heavy atom. The summed E-state index contributed by atoms with van der Waals surface area (Å²) in [6.07, 6.45) is 0. The van der Waals surface area contributed by atoms with Crippen molar-refractivity contribution in [2.24, 2.45) is 0 Å². The summed E-state index contributed by atoms with van der Waals surface area (Å²) in [5, 5.41) is 8.47. The predicted molar refractivity (Wildman–Crippen MR) is 42.6 cm³/mol. The first-order valence-corrected chi connectivity index (χ1v) is 3.65. The van der Waals surface area contributed by atoms with Gasteiger partial charge in [0.15, 0.2) is 0 Å². The van der Waals surface area contributed by atoms with Crippen molar-refractivity contribution in [3.63, 3.8) is 0 Å². The molecule has 0 unspecified atom stereocenters. The van der Waals surface area contributed by atoms with Gasteiger partial charge in [-0.15, -0.1) is 0 Å². The van der Waals surface area contributed by atoms with E-state index in [1.165, 1.54) is 6.07 Å². The Balaban J connectivity index is 2.83. The Labute approximate surface area is 74.4 Å². The Morgan fingerprint density at radius 2 is 2.15 bits per heavy atom. The van der Waals surface area contributed by atoms with E-state index in [0.717, 1.165) is 12.1 Å². The van der Waals surface area contributed by atoms with Crippen molar-refractivity contribution in [3.8, 4) is 11.8 Å². The van der Waals surface area contributed by atoms with Crippen LogP contribution >= 0.6 is 0 Å². The van der Waals surface area contributed by atoms with Crippen molar-refractivity contribution in [2.45, 2.75) is 0 Å². The van der Waals surface area contributed by atoms with E-state index in [9.17, 15) is 8.78 Å². The van der Waals surface area contributed by atoms with Gasteiger partial charge in [0.1, 0.15) is 24.8 Å². The molecule has 0 aliphatic carbocycles. The minimum Gasteiger partial charge on any atom is -0.491 e. The maximum Gasteiger partial charge on any atom is 0.128 e. The molecule has 0 saturated carbocycles. The predicted octanol–water partition coefficient (Wildman–Crippen LogP) is 2.05. The van der Waals surface area contributed by atoms with Crippen LogP contribution in [0.1, 0.15) is 5.56 Å². The highest BCUT2D eigenvalue weighted by atomic mass is 19.1. The standard InChI is InChI=1S/C9H7F2NO/c10-1-2-13-9-4-7(6-12)3-8(11)5-9/h3-5H,1-2H2. The van der Waals surface area contributed by atoms with Crippen molar-refractivity contribution in [1.82, 2.24) is 0 Å². The molecule has 0 aromatic heterocycles. The molecule has 0 radical (unpaired) electrons. The van der Waals surface area contributed by atoms with Crippen LogP contribution in [0.25, 0.3) is 0 Å². The van der Waals surface area contributed by atoms with Crippen molar-refractivity contribution < 1.29 is 13.5 Å². The van der Waals surface area contributed by atoms with E-state index in [1.54, 1.807) is 6.07 Å². The molecule has 1 rings (SSSR count). The maximum absolute atomic E-state index is 12.7. The number of alkyl halides is 1. The van der Waals surface area contributed by atoms with Crippen molar-refractivity contribution >= 4 is 0 Å².